The van der Waals surface area contributed by atoms with Crippen molar-refractivity contribution in [2.24, 2.45) is 11.8 Å². The molecule has 2 aromatic rings. The van der Waals surface area contributed by atoms with E-state index >= 15 is 0 Å². The Morgan fingerprint density at radius 3 is 2.79 bits per heavy atom. The Balaban J connectivity index is 1.27. The third kappa shape index (κ3) is 4.29. The number of hydrogen-bond donors (Lipinski definition) is 2. The van der Waals surface area contributed by atoms with E-state index in [2.05, 4.69) is 47.9 Å². The Morgan fingerprint density at radius 1 is 1.21 bits per heavy atom. The number of allylic oxidation sites excluding steroid dienone is 1. The number of rotatable bonds is 9. The van der Waals surface area contributed by atoms with E-state index < -0.39 is 5.60 Å². The highest BCUT2D eigenvalue weighted by Gasteiger charge is 2.48. The quantitative estimate of drug-likeness (QED) is 0.581. The maximum absolute atomic E-state index is 11.5. The van der Waals surface area contributed by atoms with Gasteiger partial charge in [0, 0.05) is 18.9 Å². The number of aromatic nitrogens is 2. The van der Waals surface area contributed by atoms with E-state index in [1.54, 1.807) is 5.57 Å². The van der Waals surface area contributed by atoms with Crippen molar-refractivity contribution < 1.29 is 5.11 Å². The third-order valence-corrected chi connectivity index (χ3v) is 7.41. The minimum absolute atomic E-state index is 0.387. The molecule has 1 fully saturated rings. The predicted molar refractivity (Wildman–Crippen MR) is 120 cm³/mol. The number of hydrogen-bond acceptors (Lipinski definition) is 3. The van der Waals surface area contributed by atoms with Crippen molar-refractivity contribution in [1.82, 2.24) is 14.9 Å². The zero-order valence-electron chi connectivity index (χ0n) is 18.4. The maximum Gasteiger partial charge on any atom is 0.107 e. The molecule has 0 spiro atoms. The van der Waals surface area contributed by atoms with Crippen LogP contribution in [-0.4, -0.2) is 45.7 Å². The zero-order valence-corrected chi connectivity index (χ0v) is 18.4. The van der Waals surface area contributed by atoms with Crippen LogP contribution in [0.3, 0.4) is 0 Å². The van der Waals surface area contributed by atoms with Crippen LogP contribution in [0.15, 0.2) is 35.4 Å². The zero-order chi connectivity index (χ0) is 20.4. The van der Waals surface area contributed by atoms with E-state index in [-0.39, 0.29) is 0 Å². The van der Waals surface area contributed by atoms with Gasteiger partial charge in [0.25, 0.3) is 0 Å². The van der Waals surface area contributed by atoms with Gasteiger partial charge < -0.3 is 15.0 Å². The van der Waals surface area contributed by atoms with Crippen LogP contribution in [0, 0.1) is 11.8 Å². The number of aromatic amines is 1. The molecule has 2 bridgehead atoms. The van der Waals surface area contributed by atoms with E-state index in [1.165, 1.54) is 31.3 Å². The summed E-state index contributed by atoms with van der Waals surface area (Å²) in [6, 6.07) is 8.22. The molecule has 1 aromatic heterocycles. The number of H-pyrrole nitrogens is 1. The fourth-order valence-electron chi connectivity index (χ4n) is 5.85. The summed E-state index contributed by atoms with van der Waals surface area (Å²) < 4.78 is 0. The van der Waals surface area contributed by atoms with Gasteiger partial charge in [-0.2, -0.15) is 0 Å². The summed E-state index contributed by atoms with van der Waals surface area (Å²) in [5.74, 6) is 2.09. The Morgan fingerprint density at radius 2 is 2.03 bits per heavy atom. The van der Waals surface area contributed by atoms with Gasteiger partial charge in [-0.1, -0.05) is 36.6 Å². The van der Waals surface area contributed by atoms with Gasteiger partial charge in [-0.25, -0.2) is 4.98 Å². The molecule has 2 N–H and O–H groups in total. The molecular formula is C25H37N3O. The van der Waals surface area contributed by atoms with Crippen molar-refractivity contribution in [3.63, 3.8) is 0 Å². The second-order valence-electron chi connectivity index (χ2n) is 9.45. The van der Waals surface area contributed by atoms with Crippen molar-refractivity contribution in [3.05, 3.63) is 41.2 Å². The number of nitrogens with one attached hydrogen (secondary N) is 1. The normalized spacial score (nSPS) is 26.8. The van der Waals surface area contributed by atoms with E-state index in [0.717, 1.165) is 55.6 Å². The summed E-state index contributed by atoms with van der Waals surface area (Å²) in [5.41, 5.74) is 4.88. The van der Waals surface area contributed by atoms with Gasteiger partial charge in [-0.3, -0.25) is 0 Å². The average Bonchev–Trinajstić information content (AvgIpc) is 3.12. The Hall–Kier alpha value is -1.65. The molecule has 1 saturated carbocycles. The van der Waals surface area contributed by atoms with Gasteiger partial charge in [-0.05, 0) is 77.1 Å². The smallest absolute Gasteiger partial charge is 0.107 e. The standard InChI is InChI=1S/C25H37N3O/c1-4-8-20-18(2)21-13-12-19(20)17-25(21,29)14-16-28(3)15-7-11-24-26-22-9-5-6-10-23(22)27-24/h5-6,9-10,19,21,29H,4,7-8,11-17H2,1-3H3,(H,26,27)/t19-,21+,25-/m1/s1. The van der Waals surface area contributed by atoms with Crippen LogP contribution in [-0.2, 0) is 6.42 Å². The Kier molecular flexibility index (Phi) is 6.12. The topological polar surface area (TPSA) is 52.1 Å². The number of imidazole rings is 1. The summed E-state index contributed by atoms with van der Waals surface area (Å²) in [7, 11) is 2.19. The summed E-state index contributed by atoms with van der Waals surface area (Å²) >= 11 is 0. The lowest BCUT2D eigenvalue weighted by Gasteiger charge is -2.51. The monoisotopic (exact) mass is 395 g/mol. The molecule has 0 unspecified atom stereocenters. The van der Waals surface area contributed by atoms with Gasteiger partial charge in [-0.15, -0.1) is 0 Å². The molecule has 0 amide bonds. The van der Waals surface area contributed by atoms with Crippen LogP contribution in [0.2, 0.25) is 0 Å². The number of aryl methyl sites for hydroxylation is 1. The largest absolute Gasteiger partial charge is 0.389 e. The second kappa shape index (κ2) is 8.61. The van der Waals surface area contributed by atoms with Crippen molar-refractivity contribution in [2.45, 2.75) is 70.8 Å². The fourth-order valence-corrected chi connectivity index (χ4v) is 5.85. The van der Waals surface area contributed by atoms with Crippen molar-refractivity contribution in [1.29, 1.82) is 0 Å². The van der Waals surface area contributed by atoms with E-state index in [9.17, 15) is 5.11 Å². The van der Waals surface area contributed by atoms with Gasteiger partial charge >= 0.3 is 0 Å². The van der Waals surface area contributed by atoms with Crippen molar-refractivity contribution in [2.75, 3.05) is 20.1 Å². The van der Waals surface area contributed by atoms with Crippen LogP contribution < -0.4 is 0 Å². The lowest BCUT2D eigenvalue weighted by Crippen LogP contribution is -2.50. The number of benzene rings is 1. The van der Waals surface area contributed by atoms with Gasteiger partial charge in [0.1, 0.15) is 5.82 Å². The first-order valence-electron chi connectivity index (χ1n) is 11.5. The van der Waals surface area contributed by atoms with Gasteiger partial charge in [0.15, 0.2) is 0 Å². The Labute approximate surface area is 175 Å². The summed E-state index contributed by atoms with van der Waals surface area (Å²) in [6.45, 7) is 6.57. The lowest BCUT2D eigenvalue weighted by atomic mass is 9.58. The van der Waals surface area contributed by atoms with E-state index in [4.69, 9.17) is 0 Å². The molecular weight excluding hydrogens is 358 g/mol. The number of para-hydroxylation sites is 2. The molecule has 4 nitrogen and oxygen atoms in total. The average molecular weight is 396 g/mol. The van der Waals surface area contributed by atoms with Gasteiger partial charge in [0.05, 0.1) is 16.6 Å². The molecule has 0 aliphatic heterocycles. The number of nitrogens with zero attached hydrogens (tertiary/aromatic N) is 2. The van der Waals surface area contributed by atoms with Crippen LogP contribution >= 0.6 is 0 Å². The molecule has 3 atom stereocenters. The highest BCUT2D eigenvalue weighted by molar-refractivity contribution is 5.74. The van der Waals surface area contributed by atoms with Crippen molar-refractivity contribution in [3.8, 4) is 0 Å². The third-order valence-electron chi connectivity index (χ3n) is 7.41. The van der Waals surface area contributed by atoms with Crippen LogP contribution in [0.4, 0.5) is 0 Å². The Bertz CT molecular complexity index is 837. The molecule has 0 saturated heterocycles. The molecule has 5 rings (SSSR count). The van der Waals surface area contributed by atoms with Crippen LogP contribution in [0.25, 0.3) is 11.0 Å². The first kappa shape index (κ1) is 20.6. The molecule has 4 heteroatoms. The van der Waals surface area contributed by atoms with Crippen LogP contribution in [0.5, 0.6) is 0 Å². The number of fused-ring (bicyclic) bond motifs is 3. The number of aliphatic hydroxyl groups is 1. The molecule has 29 heavy (non-hydrogen) atoms. The summed E-state index contributed by atoms with van der Waals surface area (Å²) in [5, 5.41) is 11.5. The molecule has 1 heterocycles. The summed E-state index contributed by atoms with van der Waals surface area (Å²) in [6.07, 6.45) is 8.84. The van der Waals surface area contributed by atoms with Crippen LogP contribution in [0.1, 0.15) is 64.6 Å². The molecule has 3 aliphatic carbocycles. The second-order valence-corrected chi connectivity index (χ2v) is 9.45. The fraction of sp³-hybridized carbons (Fsp3) is 0.640. The SMILES string of the molecule is CCCC1=C(C)[C@@H]2CC[C@@H]1C[C@]2(O)CCN(C)CCCc1nc2ccccc2[nH]1. The van der Waals surface area contributed by atoms with Crippen molar-refractivity contribution >= 4 is 11.0 Å². The van der Waals surface area contributed by atoms with Gasteiger partial charge in [0.2, 0.25) is 0 Å². The maximum atomic E-state index is 11.5. The predicted octanol–water partition coefficient (Wildman–Crippen LogP) is 5.10. The lowest BCUT2D eigenvalue weighted by molar-refractivity contribution is -0.0685. The molecule has 3 aliphatic rings. The summed E-state index contributed by atoms with van der Waals surface area (Å²) in [4.78, 5) is 10.5. The minimum atomic E-state index is -0.489. The first-order chi connectivity index (χ1) is 14.0. The first-order valence-corrected chi connectivity index (χ1v) is 11.5. The highest BCUT2D eigenvalue weighted by atomic mass is 16.3. The molecule has 0 radical (unpaired) electrons. The highest BCUT2D eigenvalue weighted by Crippen LogP contribution is 2.52. The van der Waals surface area contributed by atoms with E-state index in [0.29, 0.717) is 11.8 Å². The minimum Gasteiger partial charge on any atom is -0.389 e. The molecule has 158 valence electrons. The van der Waals surface area contributed by atoms with E-state index in [1.807, 2.05) is 12.1 Å². The molecule has 1 aromatic carbocycles.